The molecular formula is C13H25F3N2. The Balaban J connectivity index is 2.93. The molecule has 1 unspecified atom stereocenters. The van der Waals surface area contributed by atoms with Gasteiger partial charge >= 0.3 is 6.18 Å². The van der Waals surface area contributed by atoms with Crippen LogP contribution in [0, 0.1) is 0 Å². The SMILES string of the molecule is CCC1(C)CN(CC(F)(F)F)C(CC)(CC)CN1. The molecule has 0 aliphatic carbocycles. The van der Waals surface area contributed by atoms with Crippen molar-refractivity contribution in [2.75, 3.05) is 19.6 Å². The lowest BCUT2D eigenvalue weighted by molar-refractivity contribution is -0.169. The van der Waals surface area contributed by atoms with Gasteiger partial charge in [0, 0.05) is 24.2 Å². The van der Waals surface area contributed by atoms with Gasteiger partial charge in [0.25, 0.3) is 0 Å². The molecule has 108 valence electrons. The lowest BCUT2D eigenvalue weighted by Crippen LogP contribution is -2.69. The summed E-state index contributed by atoms with van der Waals surface area (Å²) in [5.41, 5.74) is -0.566. The average molecular weight is 266 g/mol. The molecule has 1 aliphatic rings. The minimum absolute atomic E-state index is 0.209. The van der Waals surface area contributed by atoms with Crippen LogP contribution in [-0.2, 0) is 0 Å². The second-order valence-electron chi connectivity index (χ2n) is 5.67. The van der Waals surface area contributed by atoms with Crippen molar-refractivity contribution in [1.82, 2.24) is 10.2 Å². The van der Waals surface area contributed by atoms with E-state index in [0.717, 1.165) is 19.3 Å². The van der Waals surface area contributed by atoms with Crippen molar-refractivity contribution in [3.8, 4) is 0 Å². The van der Waals surface area contributed by atoms with E-state index in [1.165, 1.54) is 0 Å². The summed E-state index contributed by atoms with van der Waals surface area (Å²) >= 11 is 0. The standard InChI is InChI=1S/C13H25F3N2/c1-5-11(4)9-18(10-13(14,15)16)12(6-2,7-3)8-17-11/h17H,5-10H2,1-4H3. The average Bonchev–Trinajstić information content (AvgIpc) is 2.28. The first-order valence-corrected chi connectivity index (χ1v) is 6.77. The molecule has 1 rings (SSSR count). The highest BCUT2D eigenvalue weighted by Gasteiger charge is 2.46. The summed E-state index contributed by atoms with van der Waals surface area (Å²) in [7, 11) is 0. The van der Waals surface area contributed by atoms with Gasteiger partial charge in [0.1, 0.15) is 0 Å². The molecule has 1 fully saturated rings. The molecule has 5 heteroatoms. The molecule has 0 saturated carbocycles. The number of hydrogen-bond acceptors (Lipinski definition) is 2. The van der Waals surface area contributed by atoms with Gasteiger partial charge in [-0.1, -0.05) is 20.8 Å². The first-order chi connectivity index (χ1) is 8.20. The molecule has 2 nitrogen and oxygen atoms in total. The minimum atomic E-state index is -4.12. The van der Waals surface area contributed by atoms with E-state index in [0.29, 0.717) is 13.1 Å². The van der Waals surface area contributed by atoms with Gasteiger partial charge in [0.15, 0.2) is 0 Å². The molecule has 0 radical (unpaired) electrons. The lowest BCUT2D eigenvalue weighted by Gasteiger charge is -2.53. The summed E-state index contributed by atoms with van der Waals surface area (Å²) in [6.45, 7) is 8.28. The highest BCUT2D eigenvalue weighted by atomic mass is 19.4. The second kappa shape index (κ2) is 5.37. The Morgan fingerprint density at radius 3 is 2.06 bits per heavy atom. The molecule has 0 aromatic heterocycles. The van der Waals surface area contributed by atoms with Crippen LogP contribution in [0.4, 0.5) is 13.2 Å². The van der Waals surface area contributed by atoms with Crippen LogP contribution in [0.25, 0.3) is 0 Å². The number of alkyl halides is 3. The first kappa shape index (κ1) is 15.8. The van der Waals surface area contributed by atoms with Crippen molar-refractivity contribution in [3.63, 3.8) is 0 Å². The van der Waals surface area contributed by atoms with E-state index in [1.807, 2.05) is 27.7 Å². The minimum Gasteiger partial charge on any atom is -0.308 e. The predicted molar refractivity (Wildman–Crippen MR) is 67.6 cm³/mol. The van der Waals surface area contributed by atoms with E-state index >= 15 is 0 Å². The summed E-state index contributed by atoms with van der Waals surface area (Å²) in [5, 5.41) is 3.44. The summed E-state index contributed by atoms with van der Waals surface area (Å²) in [6.07, 6.45) is -1.80. The molecule has 1 heterocycles. The zero-order valence-electron chi connectivity index (χ0n) is 11.8. The van der Waals surface area contributed by atoms with Gasteiger partial charge in [-0.15, -0.1) is 0 Å². The molecule has 18 heavy (non-hydrogen) atoms. The Labute approximate surface area is 108 Å². The summed E-state index contributed by atoms with van der Waals surface area (Å²) in [5.74, 6) is 0. The molecule has 1 aliphatic heterocycles. The van der Waals surface area contributed by atoms with Crippen LogP contribution in [0.1, 0.15) is 47.0 Å². The summed E-state index contributed by atoms with van der Waals surface area (Å²) in [6, 6.07) is 0. The van der Waals surface area contributed by atoms with Gasteiger partial charge in [-0.2, -0.15) is 13.2 Å². The Morgan fingerprint density at radius 1 is 1.11 bits per heavy atom. The Hall–Kier alpha value is -0.290. The highest BCUT2D eigenvalue weighted by molar-refractivity contribution is 5.02. The number of nitrogens with one attached hydrogen (secondary N) is 1. The number of rotatable bonds is 4. The van der Waals surface area contributed by atoms with Crippen LogP contribution >= 0.6 is 0 Å². The highest BCUT2D eigenvalue weighted by Crippen LogP contribution is 2.33. The van der Waals surface area contributed by atoms with Crippen molar-refractivity contribution in [2.45, 2.75) is 64.2 Å². The van der Waals surface area contributed by atoms with Crippen LogP contribution in [0.3, 0.4) is 0 Å². The van der Waals surface area contributed by atoms with E-state index in [1.54, 1.807) is 4.90 Å². The quantitative estimate of drug-likeness (QED) is 0.840. The maximum atomic E-state index is 12.7. The van der Waals surface area contributed by atoms with Gasteiger partial charge in [-0.25, -0.2) is 0 Å². The van der Waals surface area contributed by atoms with Crippen molar-refractivity contribution >= 4 is 0 Å². The molecule has 0 aromatic rings. The molecule has 0 bridgehead atoms. The zero-order chi connectivity index (χ0) is 14.0. The van der Waals surface area contributed by atoms with Crippen LogP contribution in [0.2, 0.25) is 0 Å². The third kappa shape index (κ3) is 3.38. The number of piperazine rings is 1. The van der Waals surface area contributed by atoms with E-state index in [4.69, 9.17) is 0 Å². The smallest absolute Gasteiger partial charge is 0.308 e. The number of hydrogen-bond donors (Lipinski definition) is 1. The van der Waals surface area contributed by atoms with Gasteiger partial charge in [-0.05, 0) is 26.2 Å². The zero-order valence-corrected chi connectivity index (χ0v) is 11.8. The summed E-state index contributed by atoms with van der Waals surface area (Å²) < 4.78 is 38.2. The van der Waals surface area contributed by atoms with Gasteiger partial charge in [0.05, 0.1) is 6.54 Å². The topological polar surface area (TPSA) is 15.3 Å². The molecule has 0 aromatic carbocycles. The maximum absolute atomic E-state index is 12.7. The molecule has 0 spiro atoms. The first-order valence-electron chi connectivity index (χ1n) is 6.77. The van der Waals surface area contributed by atoms with Crippen LogP contribution < -0.4 is 5.32 Å². The Morgan fingerprint density at radius 2 is 1.67 bits per heavy atom. The summed E-state index contributed by atoms with van der Waals surface area (Å²) in [4.78, 5) is 1.65. The fourth-order valence-electron chi connectivity index (χ4n) is 2.76. The molecular weight excluding hydrogens is 241 g/mol. The molecule has 1 atom stereocenters. The van der Waals surface area contributed by atoms with E-state index in [-0.39, 0.29) is 11.1 Å². The largest absolute Gasteiger partial charge is 0.401 e. The normalized spacial score (nSPS) is 29.5. The Kier molecular flexibility index (Phi) is 4.70. The van der Waals surface area contributed by atoms with Crippen LogP contribution in [0.5, 0.6) is 0 Å². The fraction of sp³-hybridized carbons (Fsp3) is 1.00. The van der Waals surface area contributed by atoms with E-state index in [2.05, 4.69) is 5.32 Å². The van der Waals surface area contributed by atoms with Gasteiger partial charge in [0.2, 0.25) is 0 Å². The molecule has 1 saturated heterocycles. The molecule has 1 N–H and O–H groups in total. The van der Waals surface area contributed by atoms with Gasteiger partial charge < -0.3 is 5.32 Å². The maximum Gasteiger partial charge on any atom is 0.401 e. The fourth-order valence-corrected chi connectivity index (χ4v) is 2.76. The van der Waals surface area contributed by atoms with Crippen molar-refractivity contribution in [1.29, 1.82) is 0 Å². The Bertz CT molecular complexity index is 274. The predicted octanol–water partition coefficient (Wildman–Crippen LogP) is 3.18. The van der Waals surface area contributed by atoms with Crippen molar-refractivity contribution in [2.24, 2.45) is 0 Å². The lowest BCUT2D eigenvalue weighted by atomic mass is 9.82. The second-order valence-corrected chi connectivity index (χ2v) is 5.67. The van der Waals surface area contributed by atoms with Crippen LogP contribution in [0.15, 0.2) is 0 Å². The number of nitrogens with zero attached hydrogens (tertiary/aromatic N) is 1. The third-order valence-corrected chi connectivity index (χ3v) is 4.52. The van der Waals surface area contributed by atoms with Crippen molar-refractivity contribution in [3.05, 3.63) is 0 Å². The van der Waals surface area contributed by atoms with Gasteiger partial charge in [-0.3, -0.25) is 4.90 Å². The van der Waals surface area contributed by atoms with Crippen molar-refractivity contribution < 1.29 is 13.2 Å². The molecule has 0 amide bonds. The third-order valence-electron chi connectivity index (χ3n) is 4.52. The van der Waals surface area contributed by atoms with Crippen LogP contribution in [-0.4, -0.2) is 41.8 Å². The number of halogens is 3. The van der Waals surface area contributed by atoms with E-state index < -0.39 is 12.7 Å². The monoisotopic (exact) mass is 266 g/mol. The van der Waals surface area contributed by atoms with E-state index in [9.17, 15) is 13.2 Å².